The summed E-state index contributed by atoms with van der Waals surface area (Å²) in [6.45, 7) is 8.84. The maximum Gasteiger partial charge on any atom is 0.220 e. The van der Waals surface area contributed by atoms with Crippen LogP contribution < -0.4 is 21.3 Å². The van der Waals surface area contributed by atoms with E-state index in [4.69, 9.17) is 18.9 Å². The SMILES string of the molecule is C[C@@H](O)COCC(Cc1ccc(O)cc1)NC(=O)CCc1ccccc1.C[C@@H](O)COC[C@H](Cc1ccc(O)cc1)NC(=O)CCc1ccccc1.C[C@H](O)COCC(Cc1ccc(O)cc1)NC(=O)CCc1ccccc1.C[C@H](O)COC[C@@H](Cc1ccc(O)cc1)NC(=O)CCc1ccccc1. The summed E-state index contributed by atoms with van der Waals surface area (Å²) in [6.07, 6.45) is 4.59. The van der Waals surface area contributed by atoms with Gasteiger partial charge in [-0.1, -0.05) is 170 Å². The van der Waals surface area contributed by atoms with Crippen molar-refractivity contribution in [1.82, 2.24) is 21.3 Å². The Balaban J connectivity index is 0.000000249. The molecular weight excluding hydrogens is 1320 g/mol. The number of aliphatic hydroxyl groups is 4. The third-order valence-corrected chi connectivity index (χ3v) is 15.8. The molecule has 0 aromatic heterocycles. The quantitative estimate of drug-likeness (QED) is 0.0170. The third-order valence-electron chi connectivity index (χ3n) is 15.8. The van der Waals surface area contributed by atoms with Gasteiger partial charge < -0.3 is 81.1 Å². The molecule has 0 saturated heterocycles. The predicted molar refractivity (Wildman–Crippen MR) is 404 cm³/mol. The normalized spacial score (nSPS) is 13.2. The van der Waals surface area contributed by atoms with E-state index >= 15 is 0 Å². The molecule has 560 valence electrons. The summed E-state index contributed by atoms with van der Waals surface area (Å²) in [5.74, 6) is 0.725. The van der Waals surface area contributed by atoms with Crippen molar-refractivity contribution in [3.8, 4) is 23.0 Å². The molecule has 0 saturated carbocycles. The standard InChI is InChI=1S/4C21H27NO4/c4*1-16(23)14-26-15-19(13-18-7-10-20(24)11-8-18)22-21(25)12-9-17-5-3-2-4-6-17/h4*2-8,10-11,16,19,23-24H,9,12-15H2,1H3,(H,22,25)/t2*16-,19?;2*16-,19+/m1010/s1. The number of carbonyl (C=O) groups excluding carboxylic acids is 4. The van der Waals surface area contributed by atoms with Gasteiger partial charge in [0.05, 0.1) is 101 Å². The van der Waals surface area contributed by atoms with E-state index in [1.807, 2.05) is 170 Å². The van der Waals surface area contributed by atoms with Crippen LogP contribution in [0.3, 0.4) is 0 Å². The minimum atomic E-state index is -0.543. The zero-order valence-electron chi connectivity index (χ0n) is 60.4. The van der Waals surface area contributed by atoms with Gasteiger partial charge in [-0.15, -0.1) is 0 Å². The van der Waals surface area contributed by atoms with Crippen LogP contribution >= 0.6 is 0 Å². The van der Waals surface area contributed by atoms with E-state index in [-0.39, 0.29) is 97.2 Å². The van der Waals surface area contributed by atoms with Gasteiger partial charge in [0, 0.05) is 25.7 Å². The number of amides is 4. The summed E-state index contributed by atoms with van der Waals surface area (Å²) < 4.78 is 22.0. The van der Waals surface area contributed by atoms with E-state index in [1.165, 1.54) is 0 Å². The second-order valence-electron chi connectivity index (χ2n) is 26.0. The van der Waals surface area contributed by atoms with Crippen molar-refractivity contribution in [1.29, 1.82) is 0 Å². The first-order valence-corrected chi connectivity index (χ1v) is 35.6. The Kier molecular flexibility index (Phi) is 41.0. The summed E-state index contributed by atoms with van der Waals surface area (Å²) in [5, 5.41) is 87.0. The zero-order chi connectivity index (χ0) is 75.1. The summed E-state index contributed by atoms with van der Waals surface area (Å²) in [5.41, 5.74) is 8.50. The Morgan fingerprint density at radius 3 is 0.596 bits per heavy atom. The van der Waals surface area contributed by atoms with Gasteiger partial charge in [-0.25, -0.2) is 0 Å². The Morgan fingerprint density at radius 2 is 0.433 bits per heavy atom. The largest absolute Gasteiger partial charge is 0.508 e. The number of hydrogen-bond acceptors (Lipinski definition) is 16. The first-order chi connectivity index (χ1) is 50.1. The van der Waals surface area contributed by atoms with Crippen LogP contribution in [0.2, 0.25) is 0 Å². The molecule has 2 unspecified atom stereocenters. The number of rotatable bonds is 40. The Bertz CT molecular complexity index is 3100. The lowest BCUT2D eigenvalue weighted by molar-refractivity contribution is -0.123. The van der Waals surface area contributed by atoms with Gasteiger partial charge in [-0.05, 0) is 172 Å². The number of benzene rings is 8. The monoisotopic (exact) mass is 1430 g/mol. The fourth-order valence-corrected chi connectivity index (χ4v) is 10.6. The molecule has 8 rings (SSSR count). The van der Waals surface area contributed by atoms with Crippen LogP contribution in [0.1, 0.15) is 97.9 Å². The van der Waals surface area contributed by atoms with Gasteiger partial charge in [-0.2, -0.15) is 0 Å². The molecule has 4 amide bonds. The number of phenols is 4. The van der Waals surface area contributed by atoms with Crippen molar-refractivity contribution >= 4 is 23.6 Å². The molecule has 8 aromatic rings. The fraction of sp³-hybridized carbons (Fsp3) is 0.381. The maximum absolute atomic E-state index is 12.3. The van der Waals surface area contributed by atoms with E-state index in [9.17, 15) is 60.0 Å². The molecule has 20 nitrogen and oxygen atoms in total. The van der Waals surface area contributed by atoms with Crippen molar-refractivity contribution < 1.29 is 79.0 Å². The second-order valence-corrected chi connectivity index (χ2v) is 26.0. The summed E-state index contributed by atoms with van der Waals surface area (Å²) in [6, 6.07) is 66.4. The van der Waals surface area contributed by atoms with E-state index in [0.717, 1.165) is 44.5 Å². The predicted octanol–water partition coefficient (Wildman–Crippen LogP) is 9.80. The van der Waals surface area contributed by atoms with Crippen molar-refractivity contribution in [2.45, 2.75) is 153 Å². The number of aryl methyl sites for hydroxylation is 4. The molecule has 0 heterocycles. The Labute approximate surface area is 613 Å². The molecule has 0 aliphatic heterocycles. The minimum absolute atomic E-state index is 0.0294. The molecule has 0 fully saturated rings. The van der Waals surface area contributed by atoms with Gasteiger partial charge in [0.15, 0.2) is 0 Å². The highest BCUT2D eigenvalue weighted by atomic mass is 16.5. The van der Waals surface area contributed by atoms with Crippen molar-refractivity contribution in [3.63, 3.8) is 0 Å². The highest BCUT2D eigenvalue weighted by Gasteiger charge is 2.19. The summed E-state index contributed by atoms with van der Waals surface area (Å²) >= 11 is 0. The lowest BCUT2D eigenvalue weighted by atomic mass is 10.1. The van der Waals surface area contributed by atoms with Gasteiger partial charge >= 0.3 is 0 Å². The van der Waals surface area contributed by atoms with E-state index in [2.05, 4.69) is 21.3 Å². The highest BCUT2D eigenvalue weighted by Crippen LogP contribution is 2.17. The van der Waals surface area contributed by atoms with E-state index in [1.54, 1.807) is 76.2 Å². The minimum Gasteiger partial charge on any atom is -0.508 e. The first-order valence-electron chi connectivity index (χ1n) is 35.6. The maximum atomic E-state index is 12.3. The number of carbonyl (C=O) groups is 4. The average molecular weight is 1430 g/mol. The molecule has 0 bridgehead atoms. The lowest BCUT2D eigenvalue weighted by Crippen LogP contribution is -2.40. The van der Waals surface area contributed by atoms with E-state index < -0.39 is 24.4 Å². The molecule has 12 N–H and O–H groups in total. The van der Waals surface area contributed by atoms with Crippen LogP contribution in [-0.4, -0.2) is 166 Å². The van der Waals surface area contributed by atoms with Gasteiger partial charge in [0.2, 0.25) is 23.6 Å². The van der Waals surface area contributed by atoms with Gasteiger partial charge in [0.25, 0.3) is 0 Å². The molecule has 8 aromatic carbocycles. The number of aliphatic hydroxyl groups excluding tert-OH is 4. The highest BCUT2D eigenvalue weighted by molar-refractivity contribution is 5.78. The second kappa shape index (κ2) is 50.0. The van der Waals surface area contributed by atoms with Crippen LogP contribution in [0, 0.1) is 0 Å². The van der Waals surface area contributed by atoms with Crippen LogP contribution in [0.5, 0.6) is 23.0 Å². The van der Waals surface area contributed by atoms with Crippen LogP contribution in [0.4, 0.5) is 0 Å². The summed E-state index contributed by atoms with van der Waals surface area (Å²) in [4.78, 5) is 49.2. The number of aromatic hydroxyl groups is 4. The lowest BCUT2D eigenvalue weighted by Gasteiger charge is -2.20. The molecule has 8 atom stereocenters. The first kappa shape index (κ1) is 85.2. The van der Waals surface area contributed by atoms with Crippen molar-refractivity contribution in [3.05, 3.63) is 263 Å². The van der Waals surface area contributed by atoms with Crippen LogP contribution in [-0.2, 0) is 89.5 Å². The molecule has 0 spiro atoms. The van der Waals surface area contributed by atoms with Crippen LogP contribution in [0.15, 0.2) is 218 Å². The number of hydrogen-bond donors (Lipinski definition) is 12. The number of phenolic OH excluding ortho intramolecular Hbond substituents is 4. The average Bonchev–Trinajstić information content (AvgIpc) is 0.922. The molecule has 0 aliphatic carbocycles. The van der Waals surface area contributed by atoms with Crippen molar-refractivity contribution in [2.24, 2.45) is 0 Å². The Hall–Kier alpha value is -9.48. The Morgan fingerprint density at radius 1 is 0.260 bits per heavy atom. The van der Waals surface area contributed by atoms with Gasteiger partial charge in [0.1, 0.15) is 23.0 Å². The van der Waals surface area contributed by atoms with Crippen molar-refractivity contribution in [2.75, 3.05) is 52.9 Å². The topological polar surface area (TPSA) is 315 Å². The number of ether oxygens (including phenoxy) is 4. The van der Waals surface area contributed by atoms with Gasteiger partial charge in [-0.3, -0.25) is 19.2 Å². The molecule has 20 heteroatoms. The summed E-state index contributed by atoms with van der Waals surface area (Å²) in [7, 11) is 0. The molecule has 0 radical (unpaired) electrons. The fourth-order valence-electron chi connectivity index (χ4n) is 10.6. The molecular formula is C84H108N4O16. The van der Waals surface area contributed by atoms with Crippen LogP contribution in [0.25, 0.3) is 0 Å². The molecule has 0 aliphatic rings. The molecule has 104 heavy (non-hydrogen) atoms. The number of nitrogens with one attached hydrogen (secondary N) is 4. The smallest absolute Gasteiger partial charge is 0.220 e. The van der Waals surface area contributed by atoms with E-state index in [0.29, 0.717) is 103 Å². The zero-order valence-corrected chi connectivity index (χ0v) is 60.4. The third kappa shape index (κ3) is 40.4.